The minimum absolute atomic E-state index is 0.152. The molecule has 1 amide bonds. The number of carbonyl (C=O) groups excluding carboxylic acids is 1. The predicted octanol–water partition coefficient (Wildman–Crippen LogP) is 0.883. The number of rotatable bonds is 3. The highest BCUT2D eigenvalue weighted by atomic mass is 19.1. The third kappa shape index (κ3) is 2.32. The number of benzene rings is 1. The molecule has 2 heterocycles. The average molecular weight is 308 g/mol. The number of carbonyl (C=O) groups is 1. The van der Waals surface area contributed by atoms with Crippen LogP contribution >= 0.6 is 0 Å². The number of methoxy groups -OCH3 is 1. The largest absolute Gasteiger partial charge is 0.496 e. The molecule has 7 heteroatoms. The minimum Gasteiger partial charge on any atom is -0.496 e. The Morgan fingerprint density at radius 3 is 3.00 bits per heavy atom. The Bertz CT molecular complexity index is 715. The van der Waals surface area contributed by atoms with Crippen LogP contribution in [0.15, 0.2) is 18.2 Å². The van der Waals surface area contributed by atoms with E-state index in [-0.39, 0.29) is 30.3 Å². The first-order valence-corrected chi connectivity index (χ1v) is 7.00. The quantitative estimate of drug-likeness (QED) is 0.786. The number of H-pyrrole nitrogens is 1. The third-order valence-corrected chi connectivity index (χ3v) is 4.02. The van der Waals surface area contributed by atoms with Gasteiger partial charge in [-0.25, -0.2) is 4.39 Å². The molecule has 0 unspecified atom stereocenters. The Balaban J connectivity index is 2.00. The van der Waals surface area contributed by atoms with Gasteiger partial charge in [-0.1, -0.05) is 0 Å². The van der Waals surface area contributed by atoms with E-state index in [9.17, 15) is 19.4 Å². The molecule has 0 spiro atoms. The van der Waals surface area contributed by atoms with Gasteiger partial charge in [0.25, 0.3) is 5.91 Å². The molecule has 0 saturated carbocycles. The molecule has 1 fully saturated rings. The summed E-state index contributed by atoms with van der Waals surface area (Å²) in [6.07, 6.45) is -0.322. The summed E-state index contributed by atoms with van der Waals surface area (Å²) in [5.74, 6) is -0.393. The van der Waals surface area contributed by atoms with E-state index in [0.717, 1.165) is 0 Å². The standard InChI is InChI=1S/C15H17FN2O4/c1-22-13-3-2-11(16)14-10(13)5-12(17-14)15(21)18-6-9(20)4-8(18)7-19/h2-3,5,8-9,17,19-20H,4,6-7H2,1H3/t8-,9-/m0/s1. The van der Waals surface area contributed by atoms with Crippen LogP contribution in [0.1, 0.15) is 16.9 Å². The first-order chi connectivity index (χ1) is 10.5. The minimum atomic E-state index is -0.656. The van der Waals surface area contributed by atoms with Crippen molar-refractivity contribution in [3.63, 3.8) is 0 Å². The van der Waals surface area contributed by atoms with E-state index in [1.54, 1.807) is 0 Å². The summed E-state index contributed by atoms with van der Waals surface area (Å²) in [6, 6.07) is 3.86. The van der Waals surface area contributed by atoms with E-state index >= 15 is 0 Å². The zero-order valence-electron chi connectivity index (χ0n) is 12.0. The molecule has 2 aromatic rings. The van der Waals surface area contributed by atoms with Crippen molar-refractivity contribution in [2.45, 2.75) is 18.6 Å². The number of aromatic nitrogens is 1. The van der Waals surface area contributed by atoms with Gasteiger partial charge in [-0.3, -0.25) is 4.79 Å². The summed E-state index contributed by atoms with van der Waals surface area (Å²) >= 11 is 0. The number of nitrogens with one attached hydrogen (secondary N) is 1. The van der Waals surface area contributed by atoms with E-state index in [1.165, 1.54) is 30.2 Å². The van der Waals surface area contributed by atoms with Crippen LogP contribution in [-0.2, 0) is 0 Å². The molecule has 1 aromatic heterocycles. The van der Waals surface area contributed by atoms with Crippen molar-refractivity contribution >= 4 is 16.8 Å². The number of fused-ring (bicyclic) bond motifs is 1. The highest BCUT2D eigenvalue weighted by Gasteiger charge is 2.35. The molecule has 118 valence electrons. The first-order valence-electron chi connectivity index (χ1n) is 7.00. The van der Waals surface area contributed by atoms with Crippen molar-refractivity contribution in [2.24, 2.45) is 0 Å². The van der Waals surface area contributed by atoms with Crippen LogP contribution in [0.2, 0.25) is 0 Å². The lowest BCUT2D eigenvalue weighted by Gasteiger charge is -2.21. The summed E-state index contributed by atoms with van der Waals surface area (Å²) < 4.78 is 19.0. The molecule has 1 saturated heterocycles. The van der Waals surface area contributed by atoms with Crippen LogP contribution in [0, 0.1) is 5.82 Å². The van der Waals surface area contributed by atoms with Crippen LogP contribution in [0.5, 0.6) is 5.75 Å². The number of β-amino-alcohol motifs (C(OH)–C–C–N with tert-alkyl or cyclic N) is 1. The molecular weight excluding hydrogens is 291 g/mol. The zero-order chi connectivity index (χ0) is 15.9. The fourth-order valence-electron chi connectivity index (χ4n) is 2.92. The van der Waals surface area contributed by atoms with Crippen LogP contribution in [0.25, 0.3) is 10.9 Å². The molecule has 22 heavy (non-hydrogen) atoms. The van der Waals surface area contributed by atoms with Crippen LogP contribution in [0.4, 0.5) is 4.39 Å². The van der Waals surface area contributed by atoms with E-state index in [2.05, 4.69) is 4.98 Å². The van der Waals surface area contributed by atoms with Crippen LogP contribution in [0.3, 0.4) is 0 Å². The molecule has 2 atom stereocenters. The van der Waals surface area contributed by atoms with Crippen molar-refractivity contribution in [3.8, 4) is 5.75 Å². The maximum Gasteiger partial charge on any atom is 0.270 e. The number of hydrogen-bond acceptors (Lipinski definition) is 4. The third-order valence-electron chi connectivity index (χ3n) is 4.02. The molecule has 1 aliphatic rings. The highest BCUT2D eigenvalue weighted by molar-refractivity contribution is 6.00. The Morgan fingerprint density at radius 2 is 2.32 bits per heavy atom. The molecule has 1 aliphatic heterocycles. The van der Waals surface area contributed by atoms with Gasteiger partial charge in [0.2, 0.25) is 0 Å². The number of ether oxygens (including phenoxy) is 1. The Kier molecular flexibility index (Phi) is 3.76. The van der Waals surface area contributed by atoms with Gasteiger partial charge in [0.15, 0.2) is 0 Å². The van der Waals surface area contributed by atoms with Crippen molar-refractivity contribution in [2.75, 3.05) is 20.3 Å². The summed E-state index contributed by atoms with van der Waals surface area (Å²) in [5.41, 5.74) is 0.397. The Hall–Kier alpha value is -2.12. The maximum atomic E-state index is 13.9. The Morgan fingerprint density at radius 1 is 1.55 bits per heavy atom. The molecule has 0 bridgehead atoms. The first kappa shape index (κ1) is 14.8. The molecule has 0 aliphatic carbocycles. The van der Waals surface area contributed by atoms with Gasteiger partial charge in [-0.2, -0.15) is 0 Å². The van der Waals surface area contributed by atoms with Crippen molar-refractivity contribution in [1.29, 1.82) is 0 Å². The molecule has 1 aromatic carbocycles. The fourth-order valence-corrected chi connectivity index (χ4v) is 2.92. The number of halogens is 1. The second-order valence-corrected chi connectivity index (χ2v) is 5.40. The smallest absolute Gasteiger partial charge is 0.270 e. The summed E-state index contributed by atoms with van der Waals surface area (Å²) in [4.78, 5) is 16.7. The van der Waals surface area contributed by atoms with Crippen LogP contribution in [-0.4, -0.2) is 58.4 Å². The summed E-state index contributed by atoms with van der Waals surface area (Å²) in [5, 5.41) is 19.5. The van der Waals surface area contributed by atoms with Crippen LogP contribution < -0.4 is 4.74 Å². The second-order valence-electron chi connectivity index (χ2n) is 5.40. The lowest BCUT2D eigenvalue weighted by atomic mass is 10.2. The lowest BCUT2D eigenvalue weighted by molar-refractivity contribution is 0.0660. The molecule has 3 N–H and O–H groups in total. The SMILES string of the molecule is COc1ccc(F)c2[nH]c(C(=O)N3C[C@@H](O)C[C@H]3CO)cc12. The number of amides is 1. The monoisotopic (exact) mass is 308 g/mol. The average Bonchev–Trinajstić information content (AvgIpc) is 3.11. The Labute approximate surface area is 126 Å². The van der Waals surface area contributed by atoms with E-state index in [1.807, 2.05) is 0 Å². The highest BCUT2D eigenvalue weighted by Crippen LogP contribution is 2.29. The fraction of sp³-hybridized carbons (Fsp3) is 0.400. The number of likely N-dealkylation sites (tertiary alicyclic amines) is 1. The molecule has 3 rings (SSSR count). The van der Waals surface area contributed by atoms with E-state index in [4.69, 9.17) is 4.74 Å². The topological polar surface area (TPSA) is 85.8 Å². The van der Waals surface area contributed by atoms with Gasteiger partial charge in [0, 0.05) is 11.9 Å². The number of hydrogen-bond donors (Lipinski definition) is 3. The van der Waals surface area contributed by atoms with Gasteiger partial charge in [-0.15, -0.1) is 0 Å². The number of nitrogens with zero attached hydrogens (tertiary/aromatic N) is 1. The number of aromatic amines is 1. The molecular formula is C15H17FN2O4. The van der Waals surface area contributed by atoms with Gasteiger partial charge < -0.3 is 24.8 Å². The molecule has 0 radical (unpaired) electrons. The van der Waals surface area contributed by atoms with E-state index < -0.39 is 18.0 Å². The van der Waals surface area contributed by atoms with Crippen molar-refractivity contribution < 1.29 is 24.1 Å². The van der Waals surface area contributed by atoms with Gasteiger partial charge in [0.1, 0.15) is 17.3 Å². The van der Waals surface area contributed by atoms with Gasteiger partial charge in [0.05, 0.1) is 31.4 Å². The normalized spacial score (nSPS) is 21.5. The van der Waals surface area contributed by atoms with Gasteiger partial charge >= 0.3 is 0 Å². The second kappa shape index (κ2) is 5.58. The molecule has 6 nitrogen and oxygen atoms in total. The number of aliphatic hydroxyl groups excluding tert-OH is 2. The zero-order valence-corrected chi connectivity index (χ0v) is 12.0. The van der Waals surface area contributed by atoms with Crippen molar-refractivity contribution in [1.82, 2.24) is 9.88 Å². The maximum absolute atomic E-state index is 13.9. The predicted molar refractivity (Wildman–Crippen MR) is 77.3 cm³/mol. The number of aliphatic hydroxyl groups is 2. The van der Waals surface area contributed by atoms with Gasteiger partial charge in [-0.05, 0) is 24.6 Å². The van der Waals surface area contributed by atoms with E-state index in [0.29, 0.717) is 17.6 Å². The lowest BCUT2D eigenvalue weighted by Crippen LogP contribution is -2.38. The van der Waals surface area contributed by atoms with Crippen molar-refractivity contribution in [3.05, 3.63) is 29.7 Å². The summed E-state index contributed by atoms with van der Waals surface area (Å²) in [7, 11) is 1.47. The summed E-state index contributed by atoms with van der Waals surface area (Å²) in [6.45, 7) is -0.0697.